The van der Waals surface area contributed by atoms with Crippen LogP contribution in [0.25, 0.3) is 11.1 Å². The van der Waals surface area contributed by atoms with Crippen molar-refractivity contribution < 1.29 is 0 Å². The van der Waals surface area contributed by atoms with Crippen molar-refractivity contribution in [3.8, 4) is 11.1 Å². The molecule has 0 spiro atoms. The van der Waals surface area contributed by atoms with Crippen LogP contribution in [-0.2, 0) is 19.5 Å². The van der Waals surface area contributed by atoms with E-state index in [9.17, 15) is 4.79 Å². The van der Waals surface area contributed by atoms with Gasteiger partial charge in [0.2, 0.25) is 0 Å². The molecule has 8 heteroatoms. The maximum absolute atomic E-state index is 12.8. The summed E-state index contributed by atoms with van der Waals surface area (Å²) in [6.07, 6.45) is 3.95. The zero-order valence-electron chi connectivity index (χ0n) is 18.5. The van der Waals surface area contributed by atoms with E-state index in [1.807, 2.05) is 48.5 Å². The molecule has 6 nitrogen and oxygen atoms in total. The van der Waals surface area contributed by atoms with E-state index >= 15 is 0 Å². The first kappa shape index (κ1) is 24.0. The van der Waals surface area contributed by atoms with E-state index in [-0.39, 0.29) is 11.4 Å². The Balaban J connectivity index is 1.32. The molecule has 0 aliphatic rings. The number of pyridine rings is 1. The van der Waals surface area contributed by atoms with Gasteiger partial charge >= 0.3 is 0 Å². The lowest BCUT2D eigenvalue weighted by Crippen LogP contribution is -2.30. The van der Waals surface area contributed by atoms with Crippen molar-refractivity contribution >= 4 is 29.0 Å². The Bertz CT molecular complexity index is 1290. The summed E-state index contributed by atoms with van der Waals surface area (Å²) in [7, 11) is 0. The van der Waals surface area contributed by atoms with Gasteiger partial charge in [-0.25, -0.2) is 4.98 Å². The Labute approximate surface area is 208 Å². The van der Waals surface area contributed by atoms with Crippen LogP contribution in [0.2, 0.25) is 10.2 Å². The average Bonchev–Trinajstić information content (AvgIpc) is 2.86. The van der Waals surface area contributed by atoms with E-state index in [4.69, 9.17) is 23.2 Å². The molecule has 0 radical (unpaired) electrons. The molecule has 0 saturated heterocycles. The second-order valence-corrected chi connectivity index (χ2v) is 8.60. The molecule has 2 aromatic heterocycles. The number of hydrogen-bond acceptors (Lipinski definition) is 5. The monoisotopic (exact) mass is 493 g/mol. The fraction of sp³-hybridized carbons (Fsp3) is 0.192. The van der Waals surface area contributed by atoms with Gasteiger partial charge in [-0.05, 0) is 47.0 Å². The zero-order chi connectivity index (χ0) is 23.8. The van der Waals surface area contributed by atoms with Crippen molar-refractivity contribution in [3.63, 3.8) is 0 Å². The molecule has 0 fully saturated rings. The molecule has 0 aliphatic carbocycles. The van der Waals surface area contributed by atoms with E-state index in [2.05, 4.69) is 38.8 Å². The largest absolute Gasteiger partial charge is 0.365 e. The van der Waals surface area contributed by atoms with Crippen molar-refractivity contribution in [2.24, 2.45) is 0 Å². The fourth-order valence-electron chi connectivity index (χ4n) is 3.60. The van der Waals surface area contributed by atoms with Gasteiger partial charge in [0.05, 0.1) is 6.20 Å². The molecule has 34 heavy (non-hydrogen) atoms. The summed E-state index contributed by atoms with van der Waals surface area (Å²) in [4.78, 5) is 21.3. The lowest BCUT2D eigenvalue weighted by atomic mass is 10.0. The molecular formula is C26H25Cl2N5O. The summed E-state index contributed by atoms with van der Waals surface area (Å²) in [5.74, 6) is 0.287. The number of benzene rings is 2. The molecule has 0 unspecified atom stereocenters. The van der Waals surface area contributed by atoms with Gasteiger partial charge in [-0.15, -0.1) is 0 Å². The summed E-state index contributed by atoms with van der Waals surface area (Å²) in [5.41, 5.74) is 4.04. The maximum Gasteiger partial charge on any atom is 0.294 e. The summed E-state index contributed by atoms with van der Waals surface area (Å²) in [6.45, 7) is 2.24. The predicted octanol–water partition coefficient (Wildman–Crippen LogP) is 5.06. The van der Waals surface area contributed by atoms with Crippen LogP contribution >= 0.6 is 23.2 Å². The first-order valence-electron chi connectivity index (χ1n) is 11.0. The normalized spacial score (nSPS) is 10.9. The van der Waals surface area contributed by atoms with Gasteiger partial charge in [-0.1, -0.05) is 59.6 Å². The number of anilines is 1. The number of halogens is 2. The SMILES string of the molecule is O=c1c(NCCc2ccccn2)ncc(Cl)n1CCNCc1cccc(-c2cccc(Cl)c2)c1. The minimum absolute atomic E-state index is 0.238. The first-order valence-corrected chi connectivity index (χ1v) is 11.8. The predicted molar refractivity (Wildman–Crippen MR) is 139 cm³/mol. The van der Waals surface area contributed by atoms with Crippen molar-refractivity contribution in [3.05, 3.63) is 111 Å². The third kappa shape index (κ3) is 6.44. The number of aromatic nitrogens is 3. The van der Waals surface area contributed by atoms with Gasteiger partial charge in [0, 0.05) is 49.5 Å². The summed E-state index contributed by atoms with van der Waals surface area (Å²) in [6, 6.07) is 21.9. The highest BCUT2D eigenvalue weighted by atomic mass is 35.5. The van der Waals surface area contributed by atoms with Gasteiger partial charge in [0.25, 0.3) is 5.56 Å². The highest BCUT2D eigenvalue weighted by Crippen LogP contribution is 2.23. The van der Waals surface area contributed by atoms with Crippen LogP contribution in [0.15, 0.2) is 83.9 Å². The Morgan fingerprint density at radius 3 is 2.50 bits per heavy atom. The van der Waals surface area contributed by atoms with E-state index in [1.54, 1.807) is 6.20 Å². The third-order valence-electron chi connectivity index (χ3n) is 5.33. The molecule has 174 valence electrons. The molecular weight excluding hydrogens is 469 g/mol. The van der Waals surface area contributed by atoms with Crippen LogP contribution in [0.1, 0.15) is 11.3 Å². The first-order chi connectivity index (χ1) is 16.6. The highest BCUT2D eigenvalue weighted by Gasteiger charge is 2.09. The maximum atomic E-state index is 12.8. The van der Waals surface area contributed by atoms with Gasteiger partial charge in [0.15, 0.2) is 5.82 Å². The Hall–Kier alpha value is -3.19. The molecule has 2 heterocycles. The lowest BCUT2D eigenvalue weighted by molar-refractivity contribution is 0.584. The minimum Gasteiger partial charge on any atom is -0.365 e. The molecule has 0 bridgehead atoms. The second-order valence-electron chi connectivity index (χ2n) is 7.77. The van der Waals surface area contributed by atoms with Crippen LogP contribution < -0.4 is 16.2 Å². The van der Waals surface area contributed by atoms with Gasteiger partial charge in [-0.2, -0.15) is 0 Å². The molecule has 0 aliphatic heterocycles. The Kier molecular flexibility index (Phi) is 8.31. The Morgan fingerprint density at radius 1 is 0.882 bits per heavy atom. The molecule has 4 rings (SSSR count). The second kappa shape index (κ2) is 11.8. The van der Waals surface area contributed by atoms with Crippen molar-refractivity contribution in [1.29, 1.82) is 0 Å². The molecule has 0 atom stereocenters. The lowest BCUT2D eigenvalue weighted by Gasteiger charge is -2.12. The van der Waals surface area contributed by atoms with Crippen LogP contribution in [-0.4, -0.2) is 27.6 Å². The summed E-state index contributed by atoms with van der Waals surface area (Å²) < 4.78 is 1.52. The van der Waals surface area contributed by atoms with Crippen molar-refractivity contribution in [1.82, 2.24) is 19.9 Å². The molecule has 4 aromatic rings. The third-order valence-corrected chi connectivity index (χ3v) is 5.87. The number of rotatable bonds is 10. The summed E-state index contributed by atoms with van der Waals surface area (Å²) >= 11 is 12.4. The van der Waals surface area contributed by atoms with Gasteiger partial charge < -0.3 is 10.6 Å². The van der Waals surface area contributed by atoms with E-state index in [1.165, 1.54) is 10.8 Å². The molecule has 2 N–H and O–H groups in total. The number of nitrogens with one attached hydrogen (secondary N) is 2. The van der Waals surface area contributed by atoms with Crippen LogP contribution in [0.4, 0.5) is 5.82 Å². The van der Waals surface area contributed by atoms with Crippen molar-refractivity contribution in [2.45, 2.75) is 19.5 Å². The van der Waals surface area contributed by atoms with E-state index in [0.717, 1.165) is 22.4 Å². The smallest absolute Gasteiger partial charge is 0.294 e. The zero-order valence-corrected chi connectivity index (χ0v) is 20.1. The number of hydrogen-bond donors (Lipinski definition) is 2. The molecule has 0 saturated carbocycles. The standard InChI is InChI=1S/C26H25Cl2N5O/c27-22-8-4-7-21(16-22)20-6-3-5-19(15-20)17-29-13-14-33-24(28)18-32-25(26(33)34)31-12-10-23-9-1-2-11-30-23/h1-9,11,15-16,18,29H,10,12-14,17H2,(H,31,32). The summed E-state index contributed by atoms with van der Waals surface area (Å²) in [5, 5.41) is 7.51. The van der Waals surface area contributed by atoms with Crippen LogP contribution in [0.5, 0.6) is 0 Å². The topological polar surface area (TPSA) is 71.8 Å². The quantitative estimate of drug-likeness (QED) is 0.302. The number of nitrogens with zero attached hydrogens (tertiary/aromatic N) is 3. The van der Waals surface area contributed by atoms with Crippen LogP contribution in [0.3, 0.4) is 0 Å². The Morgan fingerprint density at radius 2 is 1.71 bits per heavy atom. The fourth-order valence-corrected chi connectivity index (χ4v) is 4.00. The average molecular weight is 494 g/mol. The van der Waals surface area contributed by atoms with E-state index < -0.39 is 0 Å². The van der Waals surface area contributed by atoms with Gasteiger partial charge in [0.1, 0.15) is 5.15 Å². The van der Waals surface area contributed by atoms with E-state index in [0.29, 0.717) is 42.8 Å². The minimum atomic E-state index is -0.238. The van der Waals surface area contributed by atoms with Crippen LogP contribution in [0, 0.1) is 0 Å². The van der Waals surface area contributed by atoms with Crippen molar-refractivity contribution in [2.75, 3.05) is 18.4 Å². The van der Waals surface area contributed by atoms with Gasteiger partial charge in [-0.3, -0.25) is 14.3 Å². The molecule has 2 aromatic carbocycles. The molecule has 0 amide bonds. The highest BCUT2D eigenvalue weighted by molar-refractivity contribution is 6.30.